The first-order valence-electron chi connectivity index (χ1n) is 4.89. The molecule has 16 heavy (non-hydrogen) atoms. The minimum absolute atomic E-state index is 0.00463. The number of rotatable bonds is 1. The van der Waals surface area contributed by atoms with Gasteiger partial charge in [-0.3, -0.25) is 0 Å². The van der Waals surface area contributed by atoms with E-state index < -0.39 is 11.7 Å². The summed E-state index contributed by atoms with van der Waals surface area (Å²) in [6.45, 7) is 1.20. The van der Waals surface area contributed by atoms with Gasteiger partial charge in [-0.25, -0.2) is 9.97 Å². The van der Waals surface area contributed by atoms with E-state index >= 15 is 0 Å². The van der Waals surface area contributed by atoms with Gasteiger partial charge in [0.05, 0.1) is 11.3 Å². The Labute approximate surface area is 90.1 Å². The summed E-state index contributed by atoms with van der Waals surface area (Å²) in [6.07, 6.45) is -3.03. The minimum Gasteiger partial charge on any atom is -0.368 e. The molecule has 0 amide bonds. The van der Waals surface area contributed by atoms with E-state index in [4.69, 9.17) is 5.73 Å². The van der Waals surface area contributed by atoms with E-state index in [1.807, 2.05) is 0 Å². The van der Waals surface area contributed by atoms with Crippen molar-refractivity contribution in [3.63, 3.8) is 0 Å². The summed E-state index contributed by atoms with van der Waals surface area (Å²) in [5.41, 5.74) is 4.55. The lowest BCUT2D eigenvalue weighted by atomic mass is 10.00. The standard InChI is InChI=1S/C9H11F3N4/c10-9(11,12)6-4-15-8(13)16-7(6)5-1-2-14-3-5/h4-5,14H,1-3H2,(H2,13,15,16). The quantitative estimate of drug-likeness (QED) is 0.762. The van der Waals surface area contributed by atoms with Crippen LogP contribution < -0.4 is 11.1 Å². The van der Waals surface area contributed by atoms with Gasteiger partial charge in [-0.2, -0.15) is 13.2 Å². The maximum Gasteiger partial charge on any atom is 0.419 e. The number of nitrogens with one attached hydrogen (secondary N) is 1. The molecular weight excluding hydrogens is 221 g/mol. The van der Waals surface area contributed by atoms with Crippen LogP contribution in [-0.4, -0.2) is 23.1 Å². The van der Waals surface area contributed by atoms with E-state index in [2.05, 4.69) is 15.3 Å². The first-order valence-corrected chi connectivity index (χ1v) is 4.89. The lowest BCUT2D eigenvalue weighted by molar-refractivity contribution is -0.138. The number of nitrogen functional groups attached to an aromatic ring is 1. The lowest BCUT2D eigenvalue weighted by Crippen LogP contribution is -2.17. The molecule has 7 heteroatoms. The summed E-state index contributed by atoms with van der Waals surface area (Å²) in [7, 11) is 0. The van der Waals surface area contributed by atoms with Gasteiger partial charge in [-0.1, -0.05) is 0 Å². The molecule has 0 saturated carbocycles. The summed E-state index contributed by atoms with van der Waals surface area (Å²) in [5.74, 6) is -0.350. The molecule has 0 aliphatic carbocycles. The smallest absolute Gasteiger partial charge is 0.368 e. The molecule has 1 aromatic heterocycles. The zero-order chi connectivity index (χ0) is 11.8. The van der Waals surface area contributed by atoms with Gasteiger partial charge in [-0.05, 0) is 13.0 Å². The fourth-order valence-corrected chi connectivity index (χ4v) is 1.83. The van der Waals surface area contributed by atoms with Gasteiger partial charge in [0.15, 0.2) is 0 Å². The molecule has 88 valence electrons. The number of halogens is 3. The highest BCUT2D eigenvalue weighted by Gasteiger charge is 2.37. The normalized spacial score (nSPS) is 21.3. The average Bonchev–Trinajstić information content (AvgIpc) is 2.68. The summed E-state index contributed by atoms with van der Waals surface area (Å²) < 4.78 is 38.1. The summed E-state index contributed by atoms with van der Waals surface area (Å²) in [6, 6.07) is 0. The second-order valence-electron chi connectivity index (χ2n) is 3.71. The number of nitrogens with zero attached hydrogens (tertiary/aromatic N) is 2. The fraction of sp³-hybridized carbons (Fsp3) is 0.556. The van der Waals surface area contributed by atoms with Gasteiger partial charge >= 0.3 is 6.18 Å². The van der Waals surface area contributed by atoms with Crippen LogP contribution in [0.25, 0.3) is 0 Å². The maximum atomic E-state index is 12.7. The maximum absolute atomic E-state index is 12.7. The molecule has 1 unspecified atom stereocenters. The molecule has 1 fully saturated rings. The first kappa shape index (κ1) is 11.1. The summed E-state index contributed by atoms with van der Waals surface area (Å²) in [5, 5.41) is 3.00. The van der Waals surface area contributed by atoms with Crippen LogP contribution in [-0.2, 0) is 6.18 Å². The van der Waals surface area contributed by atoms with E-state index in [0.29, 0.717) is 19.5 Å². The summed E-state index contributed by atoms with van der Waals surface area (Å²) in [4.78, 5) is 7.13. The Balaban J connectivity index is 2.43. The Kier molecular flexibility index (Phi) is 2.71. The topological polar surface area (TPSA) is 63.8 Å². The monoisotopic (exact) mass is 232 g/mol. The van der Waals surface area contributed by atoms with E-state index in [1.54, 1.807) is 0 Å². The molecule has 2 rings (SSSR count). The van der Waals surface area contributed by atoms with E-state index in [1.165, 1.54) is 0 Å². The molecule has 0 spiro atoms. The molecule has 1 saturated heterocycles. The molecule has 1 aliphatic rings. The van der Waals surface area contributed by atoms with Crippen LogP contribution in [0.5, 0.6) is 0 Å². The number of anilines is 1. The highest BCUT2D eigenvalue weighted by atomic mass is 19.4. The van der Waals surface area contributed by atoms with Crippen LogP contribution in [0, 0.1) is 0 Å². The predicted octanol–water partition coefficient (Wildman–Crippen LogP) is 1.15. The highest BCUT2D eigenvalue weighted by Crippen LogP contribution is 2.35. The van der Waals surface area contributed by atoms with Crippen molar-refractivity contribution in [2.45, 2.75) is 18.5 Å². The van der Waals surface area contributed by atoms with Crippen LogP contribution >= 0.6 is 0 Å². The average molecular weight is 232 g/mol. The molecule has 3 N–H and O–H groups in total. The molecule has 0 aromatic carbocycles. The molecular formula is C9H11F3N4. The van der Waals surface area contributed by atoms with Gasteiger partial charge in [-0.15, -0.1) is 0 Å². The van der Waals surface area contributed by atoms with Gasteiger partial charge in [0, 0.05) is 18.7 Å². The molecule has 1 aromatic rings. The van der Waals surface area contributed by atoms with Gasteiger partial charge in [0.25, 0.3) is 0 Å². The summed E-state index contributed by atoms with van der Waals surface area (Å²) >= 11 is 0. The fourth-order valence-electron chi connectivity index (χ4n) is 1.83. The number of aromatic nitrogens is 2. The molecule has 1 aliphatic heterocycles. The zero-order valence-corrected chi connectivity index (χ0v) is 8.38. The van der Waals surface area contributed by atoms with Crippen molar-refractivity contribution >= 4 is 5.95 Å². The molecule has 0 radical (unpaired) electrons. The lowest BCUT2D eigenvalue weighted by Gasteiger charge is -2.15. The van der Waals surface area contributed by atoms with Crippen molar-refractivity contribution < 1.29 is 13.2 Å². The SMILES string of the molecule is Nc1ncc(C(F)(F)F)c(C2CCNC2)n1. The van der Waals surface area contributed by atoms with E-state index in [0.717, 1.165) is 6.20 Å². The van der Waals surface area contributed by atoms with Gasteiger partial charge in [0.2, 0.25) is 5.95 Å². The Bertz CT molecular complexity index is 385. The van der Waals surface area contributed by atoms with Crippen molar-refractivity contribution in [3.8, 4) is 0 Å². The van der Waals surface area contributed by atoms with Crippen LogP contribution in [0.2, 0.25) is 0 Å². The molecule has 0 bridgehead atoms. The molecule has 4 nitrogen and oxygen atoms in total. The van der Waals surface area contributed by atoms with Crippen LogP contribution in [0.4, 0.5) is 19.1 Å². The van der Waals surface area contributed by atoms with E-state index in [9.17, 15) is 13.2 Å². The highest BCUT2D eigenvalue weighted by molar-refractivity contribution is 5.30. The number of hydrogen-bond donors (Lipinski definition) is 2. The molecule has 1 atom stereocenters. The van der Waals surface area contributed by atoms with Crippen molar-refractivity contribution in [1.29, 1.82) is 0 Å². The van der Waals surface area contributed by atoms with E-state index in [-0.39, 0.29) is 17.6 Å². The Morgan fingerprint density at radius 2 is 2.19 bits per heavy atom. The van der Waals surface area contributed by atoms with Crippen molar-refractivity contribution in [2.75, 3.05) is 18.8 Å². The number of hydrogen-bond acceptors (Lipinski definition) is 4. The van der Waals surface area contributed by atoms with Crippen molar-refractivity contribution in [1.82, 2.24) is 15.3 Å². The second kappa shape index (κ2) is 3.89. The Hall–Kier alpha value is -1.37. The first-order chi connectivity index (χ1) is 7.48. The largest absolute Gasteiger partial charge is 0.419 e. The third-order valence-corrected chi connectivity index (χ3v) is 2.59. The third kappa shape index (κ3) is 2.08. The minimum atomic E-state index is -4.42. The molecule has 2 heterocycles. The number of nitrogens with two attached hydrogens (primary N) is 1. The predicted molar refractivity (Wildman–Crippen MR) is 51.7 cm³/mol. The third-order valence-electron chi connectivity index (χ3n) is 2.59. The van der Waals surface area contributed by atoms with Crippen LogP contribution in [0.15, 0.2) is 6.20 Å². The van der Waals surface area contributed by atoms with Crippen LogP contribution in [0.3, 0.4) is 0 Å². The zero-order valence-electron chi connectivity index (χ0n) is 8.38. The Morgan fingerprint density at radius 1 is 1.44 bits per heavy atom. The van der Waals surface area contributed by atoms with Gasteiger partial charge in [0.1, 0.15) is 0 Å². The van der Waals surface area contributed by atoms with Crippen molar-refractivity contribution in [3.05, 3.63) is 17.5 Å². The van der Waals surface area contributed by atoms with Gasteiger partial charge < -0.3 is 11.1 Å². The van der Waals surface area contributed by atoms with Crippen molar-refractivity contribution in [2.24, 2.45) is 0 Å². The van der Waals surface area contributed by atoms with Crippen LogP contribution in [0.1, 0.15) is 23.6 Å². The second-order valence-corrected chi connectivity index (χ2v) is 3.71. The Morgan fingerprint density at radius 3 is 2.75 bits per heavy atom. The number of alkyl halides is 3.